The Kier molecular flexibility index (Phi) is 6.01. The molecule has 1 amide bonds. The fourth-order valence-electron chi connectivity index (χ4n) is 3.75. The molecular formula is C22H24N4O5. The average Bonchev–Trinajstić information content (AvgIpc) is 3.33. The zero-order chi connectivity index (χ0) is 21.8. The van der Waals surface area contributed by atoms with Crippen LogP contribution in [0.2, 0.25) is 0 Å². The second-order valence-electron chi connectivity index (χ2n) is 7.18. The normalized spacial score (nSPS) is 16.1. The molecule has 0 bridgehead atoms. The molecule has 1 fully saturated rings. The van der Waals surface area contributed by atoms with E-state index >= 15 is 0 Å². The minimum absolute atomic E-state index is 0.0130. The van der Waals surface area contributed by atoms with Gasteiger partial charge in [-0.15, -0.1) is 0 Å². The van der Waals surface area contributed by atoms with Gasteiger partial charge >= 0.3 is 0 Å². The lowest BCUT2D eigenvalue weighted by atomic mass is 9.96. The molecule has 0 radical (unpaired) electrons. The van der Waals surface area contributed by atoms with Gasteiger partial charge in [-0.25, -0.2) is 0 Å². The van der Waals surface area contributed by atoms with Gasteiger partial charge < -0.3 is 23.6 Å². The number of hydrogen-bond donors (Lipinski definition) is 0. The predicted molar refractivity (Wildman–Crippen MR) is 112 cm³/mol. The summed E-state index contributed by atoms with van der Waals surface area (Å²) >= 11 is 0. The maximum Gasteiger partial charge on any atom is 0.276 e. The van der Waals surface area contributed by atoms with Crippen LogP contribution in [0.5, 0.6) is 17.2 Å². The summed E-state index contributed by atoms with van der Waals surface area (Å²) in [7, 11) is 4.58. The molecule has 1 atom stereocenters. The Balaban J connectivity index is 1.54. The number of rotatable bonds is 6. The molecule has 1 unspecified atom stereocenters. The molecule has 0 saturated carbocycles. The highest BCUT2D eigenvalue weighted by molar-refractivity contribution is 5.95. The highest BCUT2D eigenvalue weighted by atomic mass is 16.5. The number of aromatic nitrogens is 3. The van der Waals surface area contributed by atoms with Crippen molar-refractivity contribution in [1.29, 1.82) is 0 Å². The standard InChI is InChI=1S/C22H24N4O5/c1-28-17-11-15(12-18(29-2)19(17)30-3)22(27)26-10-6-7-14(13-26)20-24-21(31-25-20)16-8-4-5-9-23-16/h4-5,8-9,11-12,14H,6-7,10,13H2,1-3H3. The summed E-state index contributed by atoms with van der Waals surface area (Å²) in [5.41, 5.74) is 1.10. The zero-order valence-corrected chi connectivity index (χ0v) is 17.7. The summed E-state index contributed by atoms with van der Waals surface area (Å²) in [4.78, 5) is 23.8. The van der Waals surface area contributed by atoms with Crippen molar-refractivity contribution in [2.24, 2.45) is 0 Å². The van der Waals surface area contributed by atoms with E-state index in [-0.39, 0.29) is 11.8 Å². The van der Waals surface area contributed by atoms with E-state index in [1.54, 1.807) is 23.2 Å². The maximum absolute atomic E-state index is 13.2. The van der Waals surface area contributed by atoms with E-state index in [4.69, 9.17) is 18.7 Å². The molecule has 1 aromatic carbocycles. The van der Waals surface area contributed by atoms with Crippen LogP contribution in [0.25, 0.3) is 11.6 Å². The second-order valence-corrected chi connectivity index (χ2v) is 7.18. The lowest BCUT2D eigenvalue weighted by Crippen LogP contribution is -2.39. The van der Waals surface area contributed by atoms with E-state index < -0.39 is 0 Å². The van der Waals surface area contributed by atoms with Gasteiger partial charge in [0.1, 0.15) is 5.69 Å². The van der Waals surface area contributed by atoms with Gasteiger partial charge in [-0.2, -0.15) is 4.98 Å². The van der Waals surface area contributed by atoms with E-state index in [0.29, 0.717) is 53.3 Å². The first-order valence-electron chi connectivity index (χ1n) is 9.99. The van der Waals surface area contributed by atoms with Crippen molar-refractivity contribution in [1.82, 2.24) is 20.0 Å². The Labute approximate surface area is 179 Å². The van der Waals surface area contributed by atoms with Crippen LogP contribution in [-0.4, -0.2) is 60.4 Å². The monoisotopic (exact) mass is 424 g/mol. The van der Waals surface area contributed by atoms with Gasteiger partial charge in [0, 0.05) is 30.8 Å². The van der Waals surface area contributed by atoms with Crippen LogP contribution in [0.1, 0.15) is 34.9 Å². The molecule has 0 spiro atoms. The third-order valence-corrected chi connectivity index (χ3v) is 5.31. The molecule has 0 N–H and O–H groups in total. The van der Waals surface area contributed by atoms with Crippen LogP contribution in [0, 0.1) is 0 Å². The zero-order valence-electron chi connectivity index (χ0n) is 17.7. The summed E-state index contributed by atoms with van der Waals surface area (Å²) in [6, 6.07) is 8.85. The smallest absolute Gasteiger partial charge is 0.276 e. The van der Waals surface area contributed by atoms with Gasteiger partial charge in [-0.3, -0.25) is 9.78 Å². The minimum Gasteiger partial charge on any atom is -0.493 e. The fraction of sp³-hybridized carbons (Fsp3) is 0.364. The summed E-state index contributed by atoms with van der Waals surface area (Å²) in [5, 5.41) is 4.14. The van der Waals surface area contributed by atoms with Crippen molar-refractivity contribution < 1.29 is 23.5 Å². The fourth-order valence-corrected chi connectivity index (χ4v) is 3.75. The highest BCUT2D eigenvalue weighted by Crippen LogP contribution is 2.39. The summed E-state index contributed by atoms with van der Waals surface area (Å²) in [6.45, 7) is 1.15. The number of carbonyl (C=O) groups is 1. The number of piperidine rings is 1. The van der Waals surface area contributed by atoms with Crippen molar-refractivity contribution in [3.8, 4) is 28.8 Å². The van der Waals surface area contributed by atoms with Crippen molar-refractivity contribution in [3.63, 3.8) is 0 Å². The van der Waals surface area contributed by atoms with E-state index in [0.717, 1.165) is 12.8 Å². The average molecular weight is 424 g/mol. The molecule has 1 aliphatic rings. The predicted octanol–water partition coefficient (Wildman–Crippen LogP) is 3.18. The Morgan fingerprint density at radius 3 is 2.55 bits per heavy atom. The quantitative estimate of drug-likeness (QED) is 0.595. The molecule has 3 heterocycles. The van der Waals surface area contributed by atoms with Crippen molar-refractivity contribution >= 4 is 5.91 Å². The lowest BCUT2D eigenvalue weighted by Gasteiger charge is -2.31. The van der Waals surface area contributed by atoms with Crippen LogP contribution in [-0.2, 0) is 0 Å². The number of hydrogen-bond acceptors (Lipinski definition) is 8. The largest absolute Gasteiger partial charge is 0.493 e. The Morgan fingerprint density at radius 2 is 1.90 bits per heavy atom. The Morgan fingerprint density at radius 1 is 1.13 bits per heavy atom. The van der Waals surface area contributed by atoms with Crippen LogP contribution in [0.3, 0.4) is 0 Å². The number of methoxy groups -OCH3 is 3. The molecule has 162 valence electrons. The Bertz CT molecular complexity index is 1030. The summed E-state index contributed by atoms with van der Waals surface area (Å²) in [5.74, 6) is 2.17. The molecule has 9 heteroatoms. The maximum atomic E-state index is 13.2. The number of benzene rings is 1. The molecule has 3 aromatic rings. The first-order valence-corrected chi connectivity index (χ1v) is 9.99. The molecule has 1 aliphatic heterocycles. The number of pyridine rings is 1. The molecule has 0 aliphatic carbocycles. The van der Waals surface area contributed by atoms with Crippen molar-refractivity contribution in [3.05, 3.63) is 47.9 Å². The SMILES string of the molecule is COc1cc(C(=O)N2CCCC(c3noc(-c4ccccn4)n3)C2)cc(OC)c1OC. The number of carbonyl (C=O) groups excluding carboxylic acids is 1. The van der Waals surface area contributed by atoms with E-state index in [9.17, 15) is 4.79 Å². The lowest BCUT2D eigenvalue weighted by molar-refractivity contribution is 0.0702. The third kappa shape index (κ3) is 4.16. The molecule has 31 heavy (non-hydrogen) atoms. The molecular weight excluding hydrogens is 400 g/mol. The van der Waals surface area contributed by atoms with Gasteiger partial charge in [0.25, 0.3) is 11.8 Å². The van der Waals surface area contributed by atoms with Gasteiger partial charge in [0.2, 0.25) is 5.75 Å². The van der Waals surface area contributed by atoms with Crippen molar-refractivity contribution in [2.75, 3.05) is 34.4 Å². The van der Waals surface area contributed by atoms with Gasteiger partial charge in [-0.05, 0) is 37.1 Å². The van der Waals surface area contributed by atoms with E-state index in [2.05, 4.69) is 15.1 Å². The molecule has 4 rings (SSSR count). The van der Waals surface area contributed by atoms with Crippen LogP contribution in [0.15, 0.2) is 41.1 Å². The highest BCUT2D eigenvalue weighted by Gasteiger charge is 2.30. The van der Waals surface area contributed by atoms with Gasteiger partial charge in [0.05, 0.1) is 21.3 Å². The first kappa shape index (κ1) is 20.6. The number of amides is 1. The second kappa shape index (κ2) is 9.03. The minimum atomic E-state index is -0.114. The molecule has 9 nitrogen and oxygen atoms in total. The van der Waals surface area contributed by atoms with Crippen LogP contribution >= 0.6 is 0 Å². The number of likely N-dealkylation sites (tertiary alicyclic amines) is 1. The topological polar surface area (TPSA) is 99.8 Å². The number of nitrogens with zero attached hydrogens (tertiary/aromatic N) is 4. The van der Waals surface area contributed by atoms with Crippen LogP contribution < -0.4 is 14.2 Å². The number of ether oxygens (including phenoxy) is 3. The Hall–Kier alpha value is -3.62. The van der Waals surface area contributed by atoms with Crippen molar-refractivity contribution in [2.45, 2.75) is 18.8 Å². The third-order valence-electron chi connectivity index (χ3n) is 5.31. The van der Waals surface area contributed by atoms with Crippen LogP contribution in [0.4, 0.5) is 0 Å². The first-order chi connectivity index (χ1) is 15.1. The van der Waals surface area contributed by atoms with Gasteiger partial charge in [-0.1, -0.05) is 11.2 Å². The van der Waals surface area contributed by atoms with Gasteiger partial charge in [0.15, 0.2) is 17.3 Å². The van der Waals surface area contributed by atoms with E-state index in [1.807, 2.05) is 18.2 Å². The molecule has 1 saturated heterocycles. The molecule has 2 aromatic heterocycles. The summed E-state index contributed by atoms with van der Waals surface area (Å²) in [6.07, 6.45) is 3.39. The summed E-state index contributed by atoms with van der Waals surface area (Å²) < 4.78 is 21.5. The van der Waals surface area contributed by atoms with E-state index in [1.165, 1.54) is 21.3 Å².